The van der Waals surface area contributed by atoms with Crippen molar-refractivity contribution in [2.24, 2.45) is 0 Å². The molecular weight excluding hydrogens is 376 g/mol. The van der Waals surface area contributed by atoms with Crippen LogP contribution < -0.4 is 4.74 Å². The third kappa shape index (κ3) is 4.53. The molecule has 0 aliphatic heterocycles. The zero-order valence-corrected chi connectivity index (χ0v) is 16.6. The molecule has 1 heterocycles. The fourth-order valence-corrected chi connectivity index (χ4v) is 3.18. The number of hydrogen-bond acceptors (Lipinski definition) is 5. The summed E-state index contributed by atoms with van der Waals surface area (Å²) in [6, 6.07) is 9.32. The highest BCUT2D eigenvalue weighted by molar-refractivity contribution is 7.90. The van der Waals surface area contributed by atoms with Gasteiger partial charge in [-0.3, -0.25) is 4.79 Å². The lowest BCUT2D eigenvalue weighted by Crippen LogP contribution is -2.30. The largest absolute Gasteiger partial charge is 0.478 e. The number of carbonyl (C=O) groups is 1. The molecular formula is C18H21ClN2O4S. The number of carbonyl (C=O) groups excluding carboxylic acids is 1. The number of aromatic nitrogens is 1. The Labute approximate surface area is 158 Å². The van der Waals surface area contributed by atoms with Crippen molar-refractivity contribution in [2.45, 2.75) is 24.8 Å². The molecule has 8 heteroatoms. The van der Waals surface area contributed by atoms with E-state index in [4.69, 9.17) is 16.3 Å². The van der Waals surface area contributed by atoms with E-state index in [1.165, 1.54) is 17.0 Å². The maximum absolute atomic E-state index is 12.8. The van der Waals surface area contributed by atoms with E-state index >= 15 is 0 Å². The lowest BCUT2D eigenvalue weighted by Gasteiger charge is -2.25. The zero-order valence-electron chi connectivity index (χ0n) is 15.1. The van der Waals surface area contributed by atoms with Crippen LogP contribution in [0.2, 0.25) is 5.02 Å². The van der Waals surface area contributed by atoms with Crippen LogP contribution in [0.3, 0.4) is 0 Å². The van der Waals surface area contributed by atoms with Crippen LogP contribution in [0.5, 0.6) is 5.88 Å². The average Bonchev–Trinajstić information content (AvgIpc) is 2.61. The standard InChI is InChI=1S/C18H21ClN2O4S/c1-5-25-16-11-10-15(19)17(20-16)18(22)21(3)12(2)13-6-8-14(9-7-13)26(4,23)24/h6-12H,5H2,1-4H3. The molecule has 1 amide bonds. The van der Waals surface area contributed by atoms with Crippen molar-refractivity contribution in [1.29, 1.82) is 0 Å². The molecule has 0 aliphatic rings. The van der Waals surface area contributed by atoms with Crippen LogP contribution in [-0.2, 0) is 9.84 Å². The molecule has 0 aliphatic carbocycles. The smallest absolute Gasteiger partial charge is 0.274 e. The summed E-state index contributed by atoms with van der Waals surface area (Å²) in [6.45, 7) is 4.10. The number of hydrogen-bond donors (Lipinski definition) is 0. The highest BCUT2D eigenvalue weighted by atomic mass is 35.5. The molecule has 0 fully saturated rings. The number of ether oxygens (including phenoxy) is 1. The lowest BCUT2D eigenvalue weighted by molar-refractivity contribution is 0.0735. The maximum Gasteiger partial charge on any atom is 0.274 e. The minimum atomic E-state index is -3.26. The molecule has 1 aromatic heterocycles. The second-order valence-corrected chi connectivity index (χ2v) is 8.27. The van der Waals surface area contributed by atoms with Crippen LogP contribution in [0.15, 0.2) is 41.3 Å². The van der Waals surface area contributed by atoms with E-state index in [1.54, 1.807) is 31.3 Å². The quantitative estimate of drug-likeness (QED) is 0.748. The van der Waals surface area contributed by atoms with Gasteiger partial charge in [0.25, 0.3) is 5.91 Å². The molecule has 1 aromatic carbocycles. The number of pyridine rings is 1. The molecule has 2 rings (SSSR count). The number of rotatable bonds is 6. The highest BCUT2D eigenvalue weighted by Gasteiger charge is 2.23. The summed E-state index contributed by atoms with van der Waals surface area (Å²) in [6.07, 6.45) is 1.15. The molecule has 0 radical (unpaired) electrons. The third-order valence-electron chi connectivity index (χ3n) is 4.01. The van der Waals surface area contributed by atoms with E-state index in [-0.39, 0.29) is 27.6 Å². The van der Waals surface area contributed by atoms with Gasteiger partial charge in [-0.05, 0) is 37.6 Å². The van der Waals surface area contributed by atoms with Crippen molar-refractivity contribution in [3.8, 4) is 5.88 Å². The number of halogens is 1. The summed E-state index contributed by atoms with van der Waals surface area (Å²) >= 11 is 6.12. The van der Waals surface area contributed by atoms with Gasteiger partial charge in [0.1, 0.15) is 0 Å². The van der Waals surface area contributed by atoms with Gasteiger partial charge in [-0.15, -0.1) is 0 Å². The van der Waals surface area contributed by atoms with E-state index in [0.29, 0.717) is 12.5 Å². The molecule has 26 heavy (non-hydrogen) atoms. The number of nitrogens with zero attached hydrogens (tertiary/aromatic N) is 2. The molecule has 6 nitrogen and oxygen atoms in total. The van der Waals surface area contributed by atoms with Crippen LogP contribution in [0.4, 0.5) is 0 Å². The predicted octanol–water partition coefficient (Wildman–Crippen LogP) is 3.37. The molecule has 0 spiro atoms. The summed E-state index contributed by atoms with van der Waals surface area (Å²) in [7, 11) is -1.62. The van der Waals surface area contributed by atoms with Crippen LogP contribution in [0.1, 0.15) is 35.9 Å². The maximum atomic E-state index is 12.8. The normalized spacial score (nSPS) is 12.5. The van der Waals surface area contributed by atoms with Crippen molar-refractivity contribution in [2.75, 3.05) is 19.9 Å². The number of amides is 1. The first-order valence-corrected chi connectivity index (χ1v) is 10.3. The van der Waals surface area contributed by atoms with Crippen molar-refractivity contribution in [3.05, 3.63) is 52.7 Å². The molecule has 140 valence electrons. The molecule has 2 aromatic rings. The Hall–Kier alpha value is -2.12. The summed E-state index contributed by atoms with van der Waals surface area (Å²) in [4.78, 5) is 18.7. The second kappa shape index (κ2) is 8.05. The molecule has 0 saturated heterocycles. The number of sulfone groups is 1. The zero-order chi connectivity index (χ0) is 19.5. The lowest BCUT2D eigenvalue weighted by atomic mass is 10.1. The van der Waals surface area contributed by atoms with Crippen LogP contribution in [-0.4, -0.2) is 44.1 Å². The Kier molecular flexibility index (Phi) is 6.26. The Morgan fingerprint density at radius 2 is 1.85 bits per heavy atom. The molecule has 1 unspecified atom stereocenters. The van der Waals surface area contributed by atoms with Gasteiger partial charge >= 0.3 is 0 Å². The third-order valence-corrected chi connectivity index (χ3v) is 5.44. The first-order chi connectivity index (χ1) is 12.1. The highest BCUT2D eigenvalue weighted by Crippen LogP contribution is 2.25. The first kappa shape index (κ1) is 20.2. The van der Waals surface area contributed by atoms with Crippen molar-refractivity contribution in [3.63, 3.8) is 0 Å². The van der Waals surface area contributed by atoms with E-state index in [9.17, 15) is 13.2 Å². The van der Waals surface area contributed by atoms with E-state index in [1.807, 2.05) is 13.8 Å². The molecule has 0 N–H and O–H groups in total. The summed E-state index contributed by atoms with van der Waals surface area (Å²) in [5.41, 5.74) is 0.907. The van der Waals surface area contributed by atoms with Gasteiger partial charge in [-0.25, -0.2) is 13.4 Å². The Balaban J connectivity index is 2.26. The van der Waals surface area contributed by atoms with E-state index in [2.05, 4.69) is 4.98 Å². The van der Waals surface area contributed by atoms with Gasteiger partial charge in [0, 0.05) is 19.4 Å². The van der Waals surface area contributed by atoms with Gasteiger partial charge < -0.3 is 9.64 Å². The van der Waals surface area contributed by atoms with Crippen molar-refractivity contribution >= 4 is 27.3 Å². The summed E-state index contributed by atoms with van der Waals surface area (Å²) in [5, 5.41) is 0.241. The monoisotopic (exact) mass is 396 g/mol. The van der Waals surface area contributed by atoms with Gasteiger partial charge in [0.05, 0.1) is 22.6 Å². The van der Waals surface area contributed by atoms with Crippen LogP contribution in [0.25, 0.3) is 0 Å². The fourth-order valence-electron chi connectivity index (χ4n) is 2.36. The fraction of sp³-hybridized carbons (Fsp3) is 0.333. The first-order valence-electron chi connectivity index (χ1n) is 8.01. The van der Waals surface area contributed by atoms with Crippen LogP contribution >= 0.6 is 11.6 Å². The Bertz CT molecular complexity index is 898. The summed E-state index contributed by atoms with van der Waals surface area (Å²) in [5.74, 6) is -0.0185. The Morgan fingerprint density at radius 1 is 1.23 bits per heavy atom. The van der Waals surface area contributed by atoms with Gasteiger partial charge in [-0.2, -0.15) is 0 Å². The van der Waals surface area contributed by atoms with Gasteiger partial charge in [0.15, 0.2) is 15.5 Å². The molecule has 0 saturated carbocycles. The predicted molar refractivity (Wildman–Crippen MR) is 100 cm³/mol. The van der Waals surface area contributed by atoms with Crippen LogP contribution in [0, 0.1) is 0 Å². The van der Waals surface area contributed by atoms with Gasteiger partial charge in [-0.1, -0.05) is 23.7 Å². The molecule has 1 atom stereocenters. The van der Waals surface area contributed by atoms with Crippen molar-refractivity contribution in [1.82, 2.24) is 9.88 Å². The topological polar surface area (TPSA) is 76.6 Å². The number of benzene rings is 1. The second-order valence-electron chi connectivity index (χ2n) is 5.85. The van der Waals surface area contributed by atoms with E-state index < -0.39 is 9.84 Å². The minimum Gasteiger partial charge on any atom is -0.478 e. The minimum absolute atomic E-state index is 0.111. The van der Waals surface area contributed by atoms with E-state index in [0.717, 1.165) is 11.8 Å². The average molecular weight is 397 g/mol. The van der Waals surface area contributed by atoms with Crippen molar-refractivity contribution < 1.29 is 17.9 Å². The SMILES string of the molecule is CCOc1ccc(Cl)c(C(=O)N(C)C(C)c2ccc(S(C)(=O)=O)cc2)n1. The van der Waals surface area contributed by atoms with Gasteiger partial charge in [0.2, 0.25) is 5.88 Å². The Morgan fingerprint density at radius 3 is 2.38 bits per heavy atom. The summed E-state index contributed by atoms with van der Waals surface area (Å²) < 4.78 is 28.5. The molecule has 0 bridgehead atoms.